The number of ether oxygens (including phenoxy) is 1. The van der Waals surface area contributed by atoms with Crippen molar-refractivity contribution in [3.63, 3.8) is 0 Å². The smallest absolute Gasteiger partial charge is 0.408 e. The molecule has 172 valence electrons. The first-order valence-corrected chi connectivity index (χ1v) is 11.1. The van der Waals surface area contributed by atoms with E-state index < -0.39 is 46.6 Å². The first kappa shape index (κ1) is 23.8. The number of carbonyl (C=O) groups is 3. The molecule has 2 aromatic rings. The van der Waals surface area contributed by atoms with E-state index >= 15 is 0 Å². The Bertz CT molecular complexity index is 1050. The summed E-state index contributed by atoms with van der Waals surface area (Å²) < 4.78 is 33.8. The Morgan fingerprint density at radius 3 is 2.38 bits per heavy atom. The van der Waals surface area contributed by atoms with Crippen molar-refractivity contribution in [3.05, 3.63) is 51.4 Å². The van der Waals surface area contributed by atoms with Gasteiger partial charge < -0.3 is 15.4 Å². The van der Waals surface area contributed by atoms with Crippen LogP contribution in [0.2, 0.25) is 0 Å². The number of hydrogen-bond donors (Lipinski definition) is 2. The fourth-order valence-corrected chi connectivity index (χ4v) is 4.89. The molecule has 0 radical (unpaired) electrons. The third-order valence-corrected chi connectivity index (χ3v) is 6.47. The van der Waals surface area contributed by atoms with E-state index in [-0.39, 0.29) is 16.5 Å². The van der Waals surface area contributed by atoms with Crippen molar-refractivity contribution in [2.24, 2.45) is 0 Å². The Labute approximate surface area is 189 Å². The fourth-order valence-electron chi connectivity index (χ4n) is 3.56. The zero-order valence-corrected chi connectivity index (χ0v) is 19.4. The molecule has 0 saturated carbocycles. The highest BCUT2D eigenvalue weighted by Gasteiger charge is 2.34. The Morgan fingerprint density at radius 2 is 1.78 bits per heavy atom. The van der Waals surface area contributed by atoms with Crippen LogP contribution in [-0.4, -0.2) is 29.4 Å². The molecule has 0 spiro atoms. The highest BCUT2D eigenvalue weighted by molar-refractivity contribution is 7.17. The van der Waals surface area contributed by atoms with Crippen LogP contribution in [0, 0.1) is 11.6 Å². The molecule has 2 N–H and O–H groups in total. The number of amides is 2. The van der Waals surface area contributed by atoms with Crippen LogP contribution in [0.5, 0.6) is 0 Å². The quantitative estimate of drug-likeness (QED) is 0.599. The lowest BCUT2D eigenvalue weighted by molar-refractivity contribution is -0.117. The molecule has 2 amide bonds. The third kappa shape index (κ3) is 4.98. The zero-order valence-electron chi connectivity index (χ0n) is 18.6. The molecule has 1 aliphatic rings. The van der Waals surface area contributed by atoms with Crippen molar-refractivity contribution in [2.75, 3.05) is 5.32 Å². The second-order valence-corrected chi connectivity index (χ2v) is 9.92. The number of halogens is 2. The summed E-state index contributed by atoms with van der Waals surface area (Å²) in [4.78, 5) is 38.8. The number of carbonyl (C=O) groups excluding carboxylic acids is 3. The summed E-state index contributed by atoms with van der Waals surface area (Å²) in [6.45, 7) is 8.57. The average molecular weight is 465 g/mol. The van der Waals surface area contributed by atoms with Gasteiger partial charge in [0.25, 0.3) is 0 Å². The number of rotatable bonds is 5. The molecule has 0 saturated heterocycles. The summed E-state index contributed by atoms with van der Waals surface area (Å²) in [6.07, 6.45) is 0.629. The molecule has 9 heteroatoms. The van der Waals surface area contributed by atoms with Crippen molar-refractivity contribution >= 4 is 34.1 Å². The summed E-state index contributed by atoms with van der Waals surface area (Å²) >= 11 is 1.22. The van der Waals surface area contributed by atoms with Gasteiger partial charge in [0.15, 0.2) is 0 Å². The Kier molecular flexibility index (Phi) is 6.69. The maximum absolute atomic E-state index is 14.3. The predicted molar refractivity (Wildman–Crippen MR) is 118 cm³/mol. The number of nitrogens with one attached hydrogen (secondary N) is 2. The van der Waals surface area contributed by atoms with Crippen LogP contribution in [0.25, 0.3) is 0 Å². The maximum Gasteiger partial charge on any atom is 0.408 e. The molecule has 0 bridgehead atoms. The largest absolute Gasteiger partial charge is 0.444 e. The lowest BCUT2D eigenvalue weighted by atomic mass is 9.99. The lowest BCUT2D eigenvalue weighted by Crippen LogP contribution is -2.44. The van der Waals surface area contributed by atoms with Gasteiger partial charge in [0.1, 0.15) is 28.3 Å². The molecule has 2 atom stereocenters. The van der Waals surface area contributed by atoms with Crippen molar-refractivity contribution in [3.8, 4) is 0 Å². The Hall–Kier alpha value is -2.81. The minimum Gasteiger partial charge on any atom is -0.444 e. The molecule has 1 heterocycles. The van der Waals surface area contributed by atoms with Crippen LogP contribution in [0.3, 0.4) is 0 Å². The summed E-state index contributed by atoms with van der Waals surface area (Å²) in [5, 5.41) is 5.32. The fraction of sp³-hybridized carbons (Fsp3) is 0.435. The number of thiophene rings is 1. The van der Waals surface area contributed by atoms with Crippen LogP contribution in [-0.2, 0) is 16.0 Å². The molecule has 1 aromatic heterocycles. The van der Waals surface area contributed by atoms with Crippen LogP contribution in [0.4, 0.5) is 18.6 Å². The van der Waals surface area contributed by atoms with Crippen LogP contribution in [0.15, 0.2) is 18.2 Å². The van der Waals surface area contributed by atoms with E-state index in [0.717, 1.165) is 23.4 Å². The Morgan fingerprint density at radius 1 is 1.16 bits per heavy atom. The first-order valence-electron chi connectivity index (χ1n) is 10.3. The van der Waals surface area contributed by atoms with Crippen molar-refractivity contribution in [2.45, 2.75) is 65.0 Å². The van der Waals surface area contributed by atoms with Crippen molar-refractivity contribution in [1.29, 1.82) is 0 Å². The van der Waals surface area contributed by atoms with Crippen LogP contribution >= 0.6 is 11.3 Å². The van der Waals surface area contributed by atoms with E-state index in [0.29, 0.717) is 12.0 Å². The van der Waals surface area contributed by atoms with Gasteiger partial charge >= 0.3 is 6.09 Å². The zero-order chi connectivity index (χ0) is 23.8. The Balaban J connectivity index is 1.89. The van der Waals surface area contributed by atoms with Gasteiger partial charge in [0, 0.05) is 4.88 Å². The van der Waals surface area contributed by atoms with Gasteiger partial charge in [-0.05, 0) is 64.2 Å². The topological polar surface area (TPSA) is 84.5 Å². The standard InChI is InChI=1S/C23H26F2N2O4S/c1-11-9-10-13-16(18(28)17-14(24)7-6-8-15(17)25)21(32-19(11)13)27-20(29)12(2)26-22(30)31-23(3,4)5/h6-8,11-12H,9-10H2,1-5H3,(H,26,30)(H,27,29). The molecular formula is C23H26F2N2O4S. The van der Waals surface area contributed by atoms with E-state index in [1.807, 2.05) is 6.92 Å². The molecule has 0 aliphatic heterocycles. The minimum atomic E-state index is -0.965. The molecule has 32 heavy (non-hydrogen) atoms. The van der Waals surface area contributed by atoms with Gasteiger partial charge in [-0.2, -0.15) is 0 Å². The number of hydrogen-bond acceptors (Lipinski definition) is 5. The molecule has 0 fully saturated rings. The SMILES string of the molecule is CC(NC(=O)OC(C)(C)C)C(=O)Nc1sc2c(c1C(=O)c1c(F)cccc1F)CCC2C. The predicted octanol–water partition coefficient (Wildman–Crippen LogP) is 5.16. The molecule has 2 unspecified atom stereocenters. The normalized spacial score (nSPS) is 16.3. The van der Waals surface area contributed by atoms with E-state index in [9.17, 15) is 23.2 Å². The second-order valence-electron chi connectivity index (χ2n) is 8.87. The number of benzene rings is 1. The summed E-state index contributed by atoms with van der Waals surface area (Å²) in [5.41, 5.74) is -0.563. The van der Waals surface area contributed by atoms with Gasteiger partial charge in [0.05, 0.1) is 11.1 Å². The first-order chi connectivity index (χ1) is 14.9. The van der Waals surface area contributed by atoms with E-state index in [2.05, 4.69) is 10.6 Å². The molecule has 1 aromatic carbocycles. The van der Waals surface area contributed by atoms with Crippen LogP contribution < -0.4 is 10.6 Å². The van der Waals surface area contributed by atoms with Gasteiger partial charge in [-0.25, -0.2) is 13.6 Å². The third-order valence-electron chi connectivity index (χ3n) is 5.09. The highest BCUT2D eigenvalue weighted by atomic mass is 32.1. The molecule has 3 rings (SSSR count). The van der Waals surface area contributed by atoms with Crippen LogP contribution in [0.1, 0.15) is 73.3 Å². The van der Waals surface area contributed by atoms with Crippen molar-refractivity contribution < 1.29 is 27.9 Å². The number of fused-ring (bicyclic) bond motifs is 1. The van der Waals surface area contributed by atoms with E-state index in [4.69, 9.17) is 4.74 Å². The maximum atomic E-state index is 14.3. The average Bonchev–Trinajstić information content (AvgIpc) is 3.18. The van der Waals surface area contributed by atoms with E-state index in [1.54, 1.807) is 20.8 Å². The van der Waals surface area contributed by atoms with Gasteiger partial charge in [0.2, 0.25) is 11.7 Å². The molecular weight excluding hydrogens is 438 g/mol. The molecule has 1 aliphatic carbocycles. The second kappa shape index (κ2) is 8.97. The lowest BCUT2D eigenvalue weighted by Gasteiger charge is -2.21. The number of anilines is 1. The summed E-state index contributed by atoms with van der Waals surface area (Å²) in [5.74, 6) is -3.15. The summed E-state index contributed by atoms with van der Waals surface area (Å²) in [6, 6.07) is 2.27. The minimum absolute atomic E-state index is 0.108. The molecule has 6 nitrogen and oxygen atoms in total. The van der Waals surface area contributed by atoms with Crippen molar-refractivity contribution in [1.82, 2.24) is 5.32 Å². The monoisotopic (exact) mass is 464 g/mol. The number of alkyl carbamates (subject to hydrolysis) is 1. The summed E-state index contributed by atoms with van der Waals surface area (Å²) in [7, 11) is 0. The van der Waals surface area contributed by atoms with Gasteiger partial charge in [-0.3, -0.25) is 9.59 Å². The van der Waals surface area contributed by atoms with Gasteiger partial charge in [-0.15, -0.1) is 11.3 Å². The number of ketones is 1. The highest BCUT2D eigenvalue weighted by Crippen LogP contribution is 2.46. The van der Waals surface area contributed by atoms with Gasteiger partial charge in [-0.1, -0.05) is 13.0 Å². The van der Waals surface area contributed by atoms with E-state index in [1.165, 1.54) is 24.3 Å².